The topological polar surface area (TPSA) is 45.2 Å². The highest BCUT2D eigenvalue weighted by Crippen LogP contribution is 2.35. The van der Waals surface area contributed by atoms with E-state index in [4.69, 9.17) is 0 Å². The molecule has 2 aromatic rings. The van der Waals surface area contributed by atoms with E-state index < -0.39 is 0 Å². The molecule has 2 fully saturated rings. The molecule has 0 N–H and O–H groups in total. The number of hydrogen-bond donors (Lipinski definition) is 0. The predicted molar refractivity (Wildman–Crippen MR) is 82.4 cm³/mol. The lowest BCUT2D eigenvalue weighted by Crippen LogP contribution is -2.30. The van der Waals surface area contributed by atoms with Gasteiger partial charge in [0.2, 0.25) is 0 Å². The smallest absolute Gasteiger partial charge is 0.165 e. The summed E-state index contributed by atoms with van der Waals surface area (Å²) in [5, 5.41) is 0. The van der Waals surface area contributed by atoms with Crippen LogP contribution < -0.4 is 9.80 Å². The third-order valence-electron chi connectivity index (χ3n) is 4.61. The van der Waals surface area contributed by atoms with Gasteiger partial charge in [0.25, 0.3) is 0 Å². The molecule has 2 saturated heterocycles. The van der Waals surface area contributed by atoms with Gasteiger partial charge in [0.15, 0.2) is 11.6 Å². The highest BCUT2D eigenvalue weighted by atomic mass is 19.1. The van der Waals surface area contributed by atoms with Gasteiger partial charge in [0, 0.05) is 50.4 Å². The minimum absolute atomic E-state index is 0.231. The predicted octanol–water partition coefficient (Wildman–Crippen LogP) is 1.89. The van der Waals surface area contributed by atoms with Crippen LogP contribution in [-0.4, -0.2) is 41.1 Å². The van der Waals surface area contributed by atoms with E-state index in [9.17, 15) is 4.39 Å². The van der Waals surface area contributed by atoms with Gasteiger partial charge in [-0.3, -0.25) is 0 Å². The second kappa shape index (κ2) is 5.19. The summed E-state index contributed by atoms with van der Waals surface area (Å²) in [5.74, 6) is 3.13. The fraction of sp³-hybridized carbons (Fsp3) is 0.438. The first-order valence-electron chi connectivity index (χ1n) is 7.61. The molecule has 2 atom stereocenters. The van der Waals surface area contributed by atoms with Crippen LogP contribution in [-0.2, 0) is 0 Å². The van der Waals surface area contributed by atoms with Gasteiger partial charge < -0.3 is 9.80 Å². The van der Waals surface area contributed by atoms with E-state index in [0.29, 0.717) is 17.7 Å². The Labute approximate surface area is 128 Å². The zero-order valence-corrected chi connectivity index (χ0v) is 12.5. The maximum atomic E-state index is 13.9. The van der Waals surface area contributed by atoms with Crippen LogP contribution in [0.25, 0.3) is 0 Å². The molecule has 0 radical (unpaired) electrons. The summed E-state index contributed by atoms with van der Waals surface area (Å²) >= 11 is 0. The summed E-state index contributed by atoms with van der Waals surface area (Å²) in [5.41, 5.74) is 0. The summed E-state index contributed by atoms with van der Waals surface area (Å²) in [7, 11) is 0. The van der Waals surface area contributed by atoms with Crippen molar-refractivity contribution in [3.63, 3.8) is 0 Å². The van der Waals surface area contributed by atoms with Crippen molar-refractivity contribution in [3.8, 4) is 0 Å². The van der Waals surface area contributed by atoms with E-state index in [1.54, 1.807) is 18.5 Å². The second-order valence-corrected chi connectivity index (χ2v) is 6.10. The normalized spacial score (nSPS) is 23.9. The molecule has 0 bridgehead atoms. The molecule has 0 spiro atoms. The van der Waals surface area contributed by atoms with E-state index in [1.165, 1.54) is 6.07 Å². The molecule has 0 aromatic carbocycles. The van der Waals surface area contributed by atoms with Crippen molar-refractivity contribution in [2.75, 3.05) is 36.0 Å². The third kappa shape index (κ3) is 2.28. The average molecular weight is 299 g/mol. The fourth-order valence-corrected chi connectivity index (χ4v) is 3.58. The standard InChI is InChI=1S/C16H18FN5/c1-11-18-6-4-15(20-11)21-7-12-9-22(10-13(12)8-21)16-14(17)3-2-5-19-16/h2-6,12-13H,7-10H2,1H3. The molecular weight excluding hydrogens is 281 g/mol. The largest absolute Gasteiger partial charge is 0.356 e. The van der Waals surface area contributed by atoms with E-state index in [-0.39, 0.29) is 5.82 Å². The molecule has 4 heterocycles. The van der Waals surface area contributed by atoms with Crippen LogP contribution >= 0.6 is 0 Å². The van der Waals surface area contributed by atoms with Crippen LogP contribution in [0, 0.1) is 24.6 Å². The van der Waals surface area contributed by atoms with Gasteiger partial charge in [-0.25, -0.2) is 19.3 Å². The number of nitrogens with zero attached hydrogens (tertiary/aromatic N) is 5. The third-order valence-corrected chi connectivity index (χ3v) is 4.61. The number of halogens is 1. The Morgan fingerprint density at radius 3 is 2.41 bits per heavy atom. The van der Waals surface area contributed by atoms with Crippen LogP contribution in [0.4, 0.5) is 16.0 Å². The van der Waals surface area contributed by atoms with E-state index >= 15 is 0 Å². The number of hydrogen-bond acceptors (Lipinski definition) is 5. The first-order valence-corrected chi connectivity index (χ1v) is 7.61. The quantitative estimate of drug-likeness (QED) is 0.847. The molecule has 0 saturated carbocycles. The Bertz CT molecular complexity index is 678. The minimum atomic E-state index is -0.231. The van der Waals surface area contributed by atoms with Crippen LogP contribution in [0.3, 0.4) is 0 Å². The number of fused-ring (bicyclic) bond motifs is 1. The molecular formula is C16H18FN5. The molecule has 6 heteroatoms. The second-order valence-electron chi connectivity index (χ2n) is 6.10. The molecule has 2 aromatic heterocycles. The molecule has 114 valence electrons. The van der Waals surface area contributed by atoms with Gasteiger partial charge in [0.05, 0.1) is 0 Å². The van der Waals surface area contributed by atoms with Crippen molar-refractivity contribution in [2.45, 2.75) is 6.92 Å². The number of aryl methyl sites for hydroxylation is 1. The molecule has 22 heavy (non-hydrogen) atoms. The van der Waals surface area contributed by atoms with Crippen LogP contribution in [0.15, 0.2) is 30.6 Å². The summed E-state index contributed by atoms with van der Waals surface area (Å²) < 4.78 is 13.9. The van der Waals surface area contributed by atoms with Crippen LogP contribution in [0.2, 0.25) is 0 Å². The molecule has 0 aliphatic carbocycles. The molecule has 0 amide bonds. The number of rotatable bonds is 2. The van der Waals surface area contributed by atoms with Gasteiger partial charge >= 0.3 is 0 Å². The number of anilines is 2. The van der Waals surface area contributed by atoms with Crippen LogP contribution in [0.5, 0.6) is 0 Å². The van der Waals surface area contributed by atoms with Gasteiger partial charge in [-0.2, -0.15) is 0 Å². The Kier molecular flexibility index (Phi) is 3.17. The zero-order valence-electron chi connectivity index (χ0n) is 12.5. The first kappa shape index (κ1) is 13.4. The molecule has 2 aliphatic heterocycles. The Morgan fingerprint density at radius 1 is 1.00 bits per heavy atom. The SMILES string of the molecule is Cc1nccc(N2CC3CN(c4ncccc4F)CC3C2)n1. The Hall–Kier alpha value is -2.24. The number of aromatic nitrogens is 3. The maximum Gasteiger partial charge on any atom is 0.165 e. The van der Waals surface area contributed by atoms with E-state index in [1.807, 2.05) is 13.0 Å². The molecule has 2 unspecified atom stereocenters. The van der Waals surface area contributed by atoms with Crippen molar-refractivity contribution < 1.29 is 4.39 Å². The lowest BCUT2D eigenvalue weighted by Gasteiger charge is -2.23. The summed E-state index contributed by atoms with van der Waals surface area (Å²) in [6, 6.07) is 5.07. The lowest BCUT2D eigenvalue weighted by atomic mass is 10.0. The molecule has 4 rings (SSSR count). The fourth-order valence-electron chi connectivity index (χ4n) is 3.58. The van der Waals surface area contributed by atoms with Crippen molar-refractivity contribution in [1.82, 2.24) is 15.0 Å². The highest BCUT2D eigenvalue weighted by molar-refractivity contribution is 5.45. The monoisotopic (exact) mass is 299 g/mol. The molecule has 2 aliphatic rings. The van der Waals surface area contributed by atoms with Gasteiger partial charge in [0.1, 0.15) is 11.6 Å². The molecule has 5 nitrogen and oxygen atoms in total. The summed E-state index contributed by atoms with van der Waals surface area (Å²) in [6.07, 6.45) is 3.46. The number of pyridine rings is 1. The summed E-state index contributed by atoms with van der Waals surface area (Å²) in [4.78, 5) is 17.2. The Morgan fingerprint density at radius 2 is 1.73 bits per heavy atom. The maximum absolute atomic E-state index is 13.9. The minimum Gasteiger partial charge on any atom is -0.356 e. The first-order chi connectivity index (χ1) is 10.7. The summed E-state index contributed by atoms with van der Waals surface area (Å²) in [6.45, 7) is 5.56. The van der Waals surface area contributed by atoms with E-state index in [2.05, 4.69) is 24.8 Å². The van der Waals surface area contributed by atoms with Gasteiger partial charge in [-0.15, -0.1) is 0 Å². The van der Waals surface area contributed by atoms with Crippen LogP contribution in [0.1, 0.15) is 5.82 Å². The van der Waals surface area contributed by atoms with Crippen molar-refractivity contribution in [1.29, 1.82) is 0 Å². The highest BCUT2D eigenvalue weighted by Gasteiger charge is 2.41. The van der Waals surface area contributed by atoms with Gasteiger partial charge in [-0.05, 0) is 25.1 Å². The van der Waals surface area contributed by atoms with Crippen molar-refractivity contribution in [2.24, 2.45) is 11.8 Å². The van der Waals surface area contributed by atoms with Crippen molar-refractivity contribution >= 4 is 11.6 Å². The average Bonchev–Trinajstić information content (AvgIpc) is 3.06. The Balaban J connectivity index is 1.48. The van der Waals surface area contributed by atoms with E-state index in [0.717, 1.165) is 37.8 Å². The lowest BCUT2D eigenvalue weighted by molar-refractivity contribution is 0.533. The van der Waals surface area contributed by atoms with Gasteiger partial charge in [-0.1, -0.05) is 0 Å². The van der Waals surface area contributed by atoms with Crippen molar-refractivity contribution in [3.05, 3.63) is 42.2 Å². The zero-order chi connectivity index (χ0) is 15.1.